The highest BCUT2D eigenvalue weighted by Crippen LogP contribution is 2.26. The van der Waals surface area contributed by atoms with E-state index in [0.717, 1.165) is 43.1 Å². The minimum Gasteiger partial charge on any atom is -0.497 e. The molecule has 0 saturated carbocycles. The molecule has 1 aromatic heterocycles. The van der Waals surface area contributed by atoms with E-state index in [-0.39, 0.29) is 11.5 Å². The summed E-state index contributed by atoms with van der Waals surface area (Å²) in [6.45, 7) is 6.96. The molecule has 0 spiro atoms. The standard InChI is InChI=1S/C27H33N5O4/c1-34-23-9-7-21(8-10-23)24(19-30-11-15-35-16-12-30)25-27(33)32(20-31-13-17-36-18-14-31)29-26(28-25)22-5-3-2-4-6-22/h2-10,24H,11-20H2,1H3/t24-/m1/s1. The number of hydrogen-bond donors (Lipinski definition) is 0. The van der Waals surface area contributed by atoms with Crippen LogP contribution in [0.5, 0.6) is 5.75 Å². The second-order valence-corrected chi connectivity index (χ2v) is 9.10. The maximum absolute atomic E-state index is 13.9. The maximum Gasteiger partial charge on any atom is 0.290 e. The Hall–Kier alpha value is -3.11. The van der Waals surface area contributed by atoms with Crippen LogP contribution in [0.3, 0.4) is 0 Å². The van der Waals surface area contributed by atoms with Crippen molar-refractivity contribution in [2.75, 3.05) is 66.3 Å². The zero-order chi connectivity index (χ0) is 24.7. The molecule has 3 aromatic rings. The minimum atomic E-state index is -0.220. The van der Waals surface area contributed by atoms with Gasteiger partial charge in [-0.15, -0.1) is 5.10 Å². The summed E-state index contributed by atoms with van der Waals surface area (Å²) in [5, 5.41) is 4.70. The van der Waals surface area contributed by atoms with Crippen molar-refractivity contribution in [3.63, 3.8) is 0 Å². The Morgan fingerprint density at radius 2 is 1.53 bits per heavy atom. The van der Waals surface area contributed by atoms with Crippen molar-refractivity contribution in [2.24, 2.45) is 0 Å². The molecule has 1 atom stereocenters. The van der Waals surface area contributed by atoms with Crippen molar-refractivity contribution in [1.29, 1.82) is 0 Å². The van der Waals surface area contributed by atoms with E-state index >= 15 is 0 Å². The van der Waals surface area contributed by atoms with Gasteiger partial charge in [0.15, 0.2) is 5.82 Å². The highest BCUT2D eigenvalue weighted by molar-refractivity contribution is 5.54. The third-order valence-electron chi connectivity index (χ3n) is 6.76. The Labute approximate surface area is 211 Å². The molecule has 0 amide bonds. The Bertz CT molecular complexity index is 1170. The number of benzene rings is 2. The van der Waals surface area contributed by atoms with Gasteiger partial charge in [-0.3, -0.25) is 14.6 Å². The molecule has 0 radical (unpaired) electrons. The van der Waals surface area contributed by atoms with E-state index in [4.69, 9.17) is 24.3 Å². The lowest BCUT2D eigenvalue weighted by Crippen LogP contribution is -2.43. The third kappa shape index (κ3) is 5.82. The van der Waals surface area contributed by atoms with Gasteiger partial charge in [-0.1, -0.05) is 42.5 Å². The number of morpholine rings is 2. The fourth-order valence-corrected chi connectivity index (χ4v) is 4.67. The van der Waals surface area contributed by atoms with Gasteiger partial charge in [0.05, 0.1) is 40.2 Å². The van der Waals surface area contributed by atoms with Crippen molar-refractivity contribution in [1.82, 2.24) is 24.6 Å². The quantitative estimate of drug-likeness (QED) is 0.474. The van der Waals surface area contributed by atoms with E-state index in [0.29, 0.717) is 51.2 Å². The first-order valence-corrected chi connectivity index (χ1v) is 12.5. The molecule has 9 heteroatoms. The van der Waals surface area contributed by atoms with Gasteiger partial charge < -0.3 is 14.2 Å². The maximum atomic E-state index is 13.9. The summed E-state index contributed by atoms with van der Waals surface area (Å²) in [4.78, 5) is 23.4. The number of rotatable bonds is 8. The lowest BCUT2D eigenvalue weighted by atomic mass is 9.94. The first kappa shape index (κ1) is 24.6. The van der Waals surface area contributed by atoms with E-state index in [1.807, 2.05) is 54.6 Å². The second-order valence-electron chi connectivity index (χ2n) is 9.10. The van der Waals surface area contributed by atoms with E-state index in [9.17, 15) is 4.79 Å². The molecule has 5 rings (SSSR count). The van der Waals surface area contributed by atoms with E-state index < -0.39 is 0 Å². The van der Waals surface area contributed by atoms with Gasteiger partial charge in [-0.05, 0) is 17.7 Å². The Kier molecular flexibility index (Phi) is 8.02. The first-order chi connectivity index (χ1) is 17.7. The van der Waals surface area contributed by atoms with Gasteiger partial charge in [-0.2, -0.15) is 0 Å². The largest absolute Gasteiger partial charge is 0.497 e. The number of ether oxygens (including phenoxy) is 3. The molecule has 2 saturated heterocycles. The summed E-state index contributed by atoms with van der Waals surface area (Å²) in [7, 11) is 1.65. The van der Waals surface area contributed by atoms with E-state index in [1.165, 1.54) is 0 Å². The molecule has 2 aliphatic rings. The summed E-state index contributed by atoms with van der Waals surface area (Å²) in [5.74, 6) is 1.11. The van der Waals surface area contributed by atoms with Crippen LogP contribution in [0.25, 0.3) is 11.4 Å². The summed E-state index contributed by atoms with van der Waals surface area (Å²) in [5.41, 5.74) is 2.26. The van der Waals surface area contributed by atoms with Crippen LogP contribution in [0, 0.1) is 0 Å². The van der Waals surface area contributed by atoms with Crippen LogP contribution in [0.2, 0.25) is 0 Å². The van der Waals surface area contributed by atoms with Gasteiger partial charge in [0.1, 0.15) is 11.4 Å². The molecule has 9 nitrogen and oxygen atoms in total. The molecule has 36 heavy (non-hydrogen) atoms. The van der Waals surface area contributed by atoms with Crippen molar-refractivity contribution >= 4 is 0 Å². The molecule has 0 aliphatic carbocycles. The lowest BCUT2D eigenvalue weighted by Gasteiger charge is -2.31. The van der Waals surface area contributed by atoms with Crippen molar-refractivity contribution in [3.8, 4) is 17.1 Å². The van der Waals surface area contributed by atoms with Gasteiger partial charge in [0.25, 0.3) is 5.56 Å². The molecular formula is C27H33N5O4. The Morgan fingerprint density at radius 3 is 2.17 bits per heavy atom. The van der Waals surface area contributed by atoms with Gasteiger partial charge >= 0.3 is 0 Å². The normalized spacial score (nSPS) is 18.1. The molecule has 2 aromatic carbocycles. The van der Waals surface area contributed by atoms with E-state index in [1.54, 1.807) is 11.8 Å². The molecule has 190 valence electrons. The first-order valence-electron chi connectivity index (χ1n) is 12.5. The predicted molar refractivity (Wildman–Crippen MR) is 136 cm³/mol. The van der Waals surface area contributed by atoms with Crippen LogP contribution in [0.1, 0.15) is 17.2 Å². The highest BCUT2D eigenvalue weighted by atomic mass is 16.5. The molecule has 0 unspecified atom stereocenters. The smallest absolute Gasteiger partial charge is 0.290 e. The van der Waals surface area contributed by atoms with Crippen LogP contribution in [0.15, 0.2) is 59.4 Å². The summed E-state index contributed by atoms with van der Waals surface area (Å²) in [6.07, 6.45) is 0. The van der Waals surface area contributed by atoms with Gasteiger partial charge in [0, 0.05) is 44.2 Å². The number of nitrogens with zero attached hydrogens (tertiary/aromatic N) is 5. The zero-order valence-corrected chi connectivity index (χ0v) is 20.7. The predicted octanol–water partition coefficient (Wildman–Crippen LogP) is 2.07. The van der Waals surface area contributed by atoms with E-state index in [2.05, 4.69) is 9.80 Å². The average Bonchev–Trinajstić information content (AvgIpc) is 2.95. The summed E-state index contributed by atoms with van der Waals surface area (Å²) in [6, 6.07) is 17.8. The average molecular weight is 492 g/mol. The second kappa shape index (κ2) is 11.7. The number of methoxy groups -OCH3 is 1. The molecule has 3 heterocycles. The zero-order valence-electron chi connectivity index (χ0n) is 20.7. The lowest BCUT2D eigenvalue weighted by molar-refractivity contribution is 0.0202. The highest BCUT2D eigenvalue weighted by Gasteiger charge is 2.27. The SMILES string of the molecule is COc1ccc([C@@H](CN2CCOCC2)c2nc(-c3ccccc3)nn(CN3CCOCC3)c2=O)cc1. The van der Waals surface area contributed by atoms with Crippen LogP contribution in [-0.2, 0) is 16.1 Å². The Morgan fingerprint density at radius 1 is 0.889 bits per heavy atom. The summed E-state index contributed by atoms with van der Waals surface area (Å²) >= 11 is 0. The number of hydrogen-bond acceptors (Lipinski definition) is 8. The van der Waals surface area contributed by atoms with Crippen molar-refractivity contribution in [2.45, 2.75) is 12.6 Å². The van der Waals surface area contributed by atoms with Gasteiger partial charge in [-0.25, -0.2) is 9.67 Å². The molecular weight excluding hydrogens is 458 g/mol. The van der Waals surface area contributed by atoms with Crippen LogP contribution < -0.4 is 10.3 Å². The molecule has 0 bridgehead atoms. The molecule has 2 aliphatic heterocycles. The topological polar surface area (TPSA) is 82.0 Å². The Balaban J connectivity index is 1.59. The van der Waals surface area contributed by atoms with Gasteiger partial charge in [0.2, 0.25) is 0 Å². The van der Waals surface area contributed by atoms with Crippen LogP contribution in [-0.4, -0.2) is 90.8 Å². The van der Waals surface area contributed by atoms with Crippen LogP contribution in [0.4, 0.5) is 0 Å². The third-order valence-corrected chi connectivity index (χ3v) is 6.76. The van der Waals surface area contributed by atoms with Crippen molar-refractivity contribution in [3.05, 3.63) is 76.2 Å². The monoisotopic (exact) mass is 491 g/mol. The fourth-order valence-electron chi connectivity index (χ4n) is 4.67. The minimum absolute atomic E-state index is 0.157. The fraction of sp³-hybridized carbons (Fsp3) is 0.444. The summed E-state index contributed by atoms with van der Waals surface area (Å²) < 4.78 is 18.0. The van der Waals surface area contributed by atoms with Crippen molar-refractivity contribution < 1.29 is 14.2 Å². The van der Waals surface area contributed by atoms with Crippen LogP contribution >= 0.6 is 0 Å². The molecule has 0 N–H and O–H groups in total. The molecule has 2 fully saturated rings. The number of aromatic nitrogens is 3.